The van der Waals surface area contributed by atoms with Gasteiger partial charge in [-0.25, -0.2) is 9.59 Å². The average Bonchev–Trinajstić information content (AvgIpc) is 2.88. The third kappa shape index (κ3) is 5.71. The van der Waals surface area contributed by atoms with Crippen molar-refractivity contribution < 1.29 is 46.5 Å². The van der Waals surface area contributed by atoms with Gasteiger partial charge in [-0.05, 0) is 12.8 Å². The second kappa shape index (κ2) is 7.75. The standard InChI is InChI=1S/2C5H7NO3.Fe/c2*7-4-2-1-3(6-4)5(8)9;/h2*3H,1-2H2,(H,6,7)(H,8,9);/t2*3-;/m00./s1. The first kappa shape index (κ1) is 17.4. The molecule has 2 aliphatic rings. The molecule has 0 aromatic heterocycles. The molecule has 2 saturated heterocycles. The molecule has 0 unspecified atom stereocenters. The van der Waals surface area contributed by atoms with Gasteiger partial charge in [-0.15, -0.1) is 0 Å². The van der Waals surface area contributed by atoms with Crippen molar-refractivity contribution in [1.82, 2.24) is 10.6 Å². The van der Waals surface area contributed by atoms with Crippen LogP contribution >= 0.6 is 0 Å². The Kier molecular flexibility index (Phi) is 7.10. The maximum absolute atomic E-state index is 10.4. The van der Waals surface area contributed by atoms with Crippen LogP contribution in [0, 0.1) is 0 Å². The van der Waals surface area contributed by atoms with Crippen molar-refractivity contribution >= 4 is 23.8 Å². The number of carboxylic acid groups (broad SMARTS) is 2. The minimum Gasteiger partial charge on any atom is -0.480 e. The smallest absolute Gasteiger partial charge is 0.326 e. The van der Waals surface area contributed by atoms with Crippen LogP contribution in [0.2, 0.25) is 0 Å². The maximum atomic E-state index is 10.4. The van der Waals surface area contributed by atoms with Crippen LogP contribution in [0.4, 0.5) is 0 Å². The quantitative estimate of drug-likeness (QED) is 0.468. The fourth-order valence-corrected chi connectivity index (χ4v) is 1.60. The molecule has 0 aromatic rings. The van der Waals surface area contributed by atoms with Crippen molar-refractivity contribution in [2.45, 2.75) is 37.8 Å². The SMILES string of the molecule is O=C1CC[C@@H](C(=O)O)N1.O=C1CC[C@@H](C(=O)O)N1.[Fe]. The summed E-state index contributed by atoms with van der Waals surface area (Å²) in [4.78, 5) is 41.0. The van der Waals surface area contributed by atoms with Crippen LogP contribution in [-0.2, 0) is 36.2 Å². The Labute approximate surface area is 119 Å². The predicted octanol–water partition coefficient (Wildman–Crippen LogP) is -1.30. The fraction of sp³-hybridized carbons (Fsp3) is 0.600. The third-order valence-electron chi connectivity index (χ3n) is 2.59. The summed E-state index contributed by atoms with van der Waals surface area (Å²) in [6.45, 7) is 0. The molecular formula is C10H14FeN2O6. The zero-order valence-corrected chi connectivity index (χ0v) is 11.0. The molecule has 2 amide bonds. The van der Waals surface area contributed by atoms with Crippen molar-refractivity contribution in [3.05, 3.63) is 0 Å². The van der Waals surface area contributed by atoms with Crippen LogP contribution in [0.25, 0.3) is 0 Å². The minimum absolute atomic E-state index is 0. The first-order valence-corrected chi connectivity index (χ1v) is 5.44. The maximum Gasteiger partial charge on any atom is 0.326 e. The first-order valence-electron chi connectivity index (χ1n) is 5.44. The van der Waals surface area contributed by atoms with Gasteiger partial charge >= 0.3 is 11.9 Å². The molecule has 0 saturated carbocycles. The topological polar surface area (TPSA) is 133 Å². The molecule has 2 aliphatic heterocycles. The molecule has 0 aromatic carbocycles. The molecule has 0 spiro atoms. The molecular weight excluding hydrogens is 300 g/mol. The van der Waals surface area contributed by atoms with Gasteiger partial charge in [-0.2, -0.15) is 0 Å². The monoisotopic (exact) mass is 314 g/mol. The van der Waals surface area contributed by atoms with E-state index >= 15 is 0 Å². The number of hydrogen-bond acceptors (Lipinski definition) is 4. The van der Waals surface area contributed by atoms with Gasteiger partial charge in [0.1, 0.15) is 12.1 Å². The summed E-state index contributed by atoms with van der Waals surface area (Å²) in [5.74, 6) is -2.22. The van der Waals surface area contributed by atoms with Gasteiger partial charge in [0.05, 0.1) is 0 Å². The van der Waals surface area contributed by atoms with Gasteiger partial charge < -0.3 is 20.8 Å². The van der Waals surface area contributed by atoms with E-state index < -0.39 is 24.0 Å². The summed E-state index contributed by atoms with van der Waals surface area (Å²) in [5.41, 5.74) is 0. The van der Waals surface area contributed by atoms with Crippen molar-refractivity contribution in [2.24, 2.45) is 0 Å². The molecule has 2 atom stereocenters. The number of carbonyl (C=O) groups is 4. The van der Waals surface area contributed by atoms with Crippen molar-refractivity contribution in [3.8, 4) is 0 Å². The molecule has 2 fully saturated rings. The molecule has 8 nitrogen and oxygen atoms in total. The Balaban J connectivity index is 0.000000324. The number of aliphatic carboxylic acids is 2. The van der Waals surface area contributed by atoms with Crippen LogP contribution in [0.15, 0.2) is 0 Å². The van der Waals surface area contributed by atoms with E-state index in [1.165, 1.54) is 0 Å². The Bertz CT molecular complexity index is 350. The number of carboxylic acids is 2. The first-order chi connectivity index (χ1) is 8.40. The normalized spacial score (nSPS) is 24.4. The Morgan fingerprint density at radius 2 is 1.21 bits per heavy atom. The van der Waals surface area contributed by atoms with Gasteiger partial charge in [0, 0.05) is 29.9 Å². The van der Waals surface area contributed by atoms with E-state index in [9.17, 15) is 19.2 Å². The molecule has 9 heteroatoms. The number of hydrogen-bond donors (Lipinski definition) is 4. The van der Waals surface area contributed by atoms with E-state index in [0.29, 0.717) is 25.7 Å². The van der Waals surface area contributed by atoms with Crippen LogP contribution in [0.5, 0.6) is 0 Å². The number of carbonyl (C=O) groups excluding carboxylic acids is 2. The van der Waals surface area contributed by atoms with Gasteiger partial charge in [-0.1, -0.05) is 0 Å². The summed E-state index contributed by atoms with van der Waals surface area (Å²) < 4.78 is 0. The molecule has 2 rings (SSSR count). The second-order valence-electron chi connectivity index (χ2n) is 3.99. The number of amides is 2. The Hall–Kier alpha value is -1.60. The van der Waals surface area contributed by atoms with Gasteiger partial charge in [0.15, 0.2) is 0 Å². The van der Waals surface area contributed by atoms with Crippen LogP contribution in [0.1, 0.15) is 25.7 Å². The number of rotatable bonds is 2. The second-order valence-corrected chi connectivity index (χ2v) is 3.99. The summed E-state index contributed by atoms with van der Waals surface area (Å²) in [7, 11) is 0. The molecule has 0 radical (unpaired) electrons. The van der Waals surface area contributed by atoms with Crippen LogP contribution < -0.4 is 10.6 Å². The molecule has 2 heterocycles. The van der Waals surface area contributed by atoms with Crippen molar-refractivity contribution in [1.29, 1.82) is 0 Å². The zero-order chi connectivity index (χ0) is 13.7. The van der Waals surface area contributed by atoms with E-state index in [4.69, 9.17) is 10.2 Å². The average molecular weight is 314 g/mol. The van der Waals surface area contributed by atoms with E-state index in [2.05, 4.69) is 10.6 Å². The van der Waals surface area contributed by atoms with E-state index in [1.54, 1.807) is 0 Å². The molecule has 108 valence electrons. The minimum atomic E-state index is -0.944. The van der Waals surface area contributed by atoms with Gasteiger partial charge in [-0.3, -0.25) is 9.59 Å². The van der Waals surface area contributed by atoms with E-state index in [1.807, 2.05) is 0 Å². The fourth-order valence-electron chi connectivity index (χ4n) is 1.60. The Morgan fingerprint density at radius 3 is 1.32 bits per heavy atom. The Morgan fingerprint density at radius 1 is 0.895 bits per heavy atom. The molecule has 0 aliphatic carbocycles. The summed E-state index contributed by atoms with van der Waals surface area (Å²) in [6, 6.07) is -1.28. The third-order valence-corrected chi connectivity index (χ3v) is 2.59. The van der Waals surface area contributed by atoms with E-state index in [0.717, 1.165) is 0 Å². The summed E-state index contributed by atoms with van der Waals surface area (Å²) in [5, 5.41) is 21.3. The summed E-state index contributed by atoms with van der Waals surface area (Å²) >= 11 is 0. The van der Waals surface area contributed by atoms with Gasteiger partial charge in [0.2, 0.25) is 11.8 Å². The van der Waals surface area contributed by atoms with Crippen LogP contribution in [0.3, 0.4) is 0 Å². The summed E-state index contributed by atoms with van der Waals surface area (Å²) in [6.07, 6.45) is 1.54. The molecule has 0 bridgehead atoms. The predicted molar refractivity (Wildman–Crippen MR) is 57.6 cm³/mol. The van der Waals surface area contributed by atoms with Crippen molar-refractivity contribution in [2.75, 3.05) is 0 Å². The number of nitrogens with one attached hydrogen (secondary N) is 2. The zero-order valence-electron chi connectivity index (χ0n) is 9.86. The van der Waals surface area contributed by atoms with E-state index in [-0.39, 0.29) is 28.9 Å². The van der Waals surface area contributed by atoms with Crippen LogP contribution in [-0.4, -0.2) is 46.0 Å². The van der Waals surface area contributed by atoms with Gasteiger partial charge in [0.25, 0.3) is 0 Å². The molecule has 4 N–H and O–H groups in total. The van der Waals surface area contributed by atoms with Crippen molar-refractivity contribution in [3.63, 3.8) is 0 Å². The largest absolute Gasteiger partial charge is 0.480 e. The molecule has 19 heavy (non-hydrogen) atoms.